The van der Waals surface area contributed by atoms with Crippen LogP contribution in [-0.2, 0) is 28.5 Å². The van der Waals surface area contributed by atoms with E-state index >= 15 is 0 Å². The minimum absolute atomic E-state index is 0.0162. The number of benzene rings is 6. The molecule has 0 aliphatic carbocycles. The first-order valence-corrected chi connectivity index (χ1v) is 28.4. The summed E-state index contributed by atoms with van der Waals surface area (Å²) in [6, 6.07) is 39.7. The van der Waals surface area contributed by atoms with Crippen molar-refractivity contribution >= 4 is 113 Å². The third kappa shape index (κ3) is 12.6. The number of amides is 2. The van der Waals surface area contributed by atoms with Crippen molar-refractivity contribution in [3.63, 3.8) is 0 Å². The van der Waals surface area contributed by atoms with Crippen LogP contribution in [0.2, 0.25) is 0 Å². The van der Waals surface area contributed by atoms with Crippen LogP contribution in [0.4, 0.5) is 11.6 Å². The van der Waals surface area contributed by atoms with E-state index in [-0.39, 0.29) is 83.1 Å². The number of ether oxygens (including phenoxy) is 4. The zero-order chi connectivity index (χ0) is 60.1. The van der Waals surface area contributed by atoms with Crippen molar-refractivity contribution < 1.29 is 47.7 Å². The molecule has 3 N–H and O–H groups in total. The Kier molecular flexibility index (Phi) is 17.1. The third-order valence-corrected chi connectivity index (χ3v) is 15.6. The van der Waals surface area contributed by atoms with E-state index < -0.39 is 35.7 Å². The number of carbonyl (C=O) groups is 6. The molecule has 0 bridgehead atoms. The lowest BCUT2D eigenvalue weighted by Gasteiger charge is -2.13. The lowest BCUT2D eigenvalue weighted by Crippen LogP contribution is -2.32. The van der Waals surface area contributed by atoms with E-state index in [0.717, 1.165) is 42.8 Å². The predicted molar refractivity (Wildman–Crippen MR) is 332 cm³/mol. The van der Waals surface area contributed by atoms with Crippen molar-refractivity contribution in [3.8, 4) is 21.7 Å². The normalized spacial score (nSPS) is 12.5. The van der Waals surface area contributed by atoms with Crippen LogP contribution in [-0.4, -0.2) is 88.7 Å². The van der Waals surface area contributed by atoms with Gasteiger partial charge in [-0.05, 0) is 112 Å². The van der Waals surface area contributed by atoms with E-state index in [2.05, 4.69) is 28.8 Å². The number of hydrogen-bond donors (Lipinski definition) is 3. The third-order valence-electron chi connectivity index (χ3n) is 13.5. The van der Waals surface area contributed by atoms with Crippen molar-refractivity contribution in [2.45, 2.75) is 41.5 Å². The molecule has 426 valence electrons. The summed E-state index contributed by atoms with van der Waals surface area (Å²) in [4.78, 5) is 106. The van der Waals surface area contributed by atoms with Crippen molar-refractivity contribution in [2.24, 2.45) is 9.98 Å². The van der Waals surface area contributed by atoms with E-state index in [4.69, 9.17) is 38.9 Å². The van der Waals surface area contributed by atoms with Crippen molar-refractivity contribution in [1.82, 2.24) is 20.3 Å². The minimum atomic E-state index is -0.828. The fraction of sp³-hybridized carbons (Fsp3) is 0.152. The summed E-state index contributed by atoms with van der Waals surface area (Å²) < 4.78 is 22.9. The lowest BCUT2D eigenvalue weighted by atomic mass is 9.94. The molecule has 1 aliphatic rings. The highest BCUT2D eigenvalue weighted by molar-refractivity contribution is 7.21. The number of carbonyl (C=O) groups excluding carboxylic acids is 6. The van der Waals surface area contributed by atoms with Crippen LogP contribution in [0.15, 0.2) is 168 Å². The average molecular weight is 1170 g/mol. The Morgan fingerprint density at radius 1 is 0.529 bits per heavy atom. The number of amidine groups is 2. The SMILES string of the molecule is C=C(C)C(=O)OCCOC(=O)c1ccccc1C(=O)NC1=NC(=Nc2[nH]c(NC(=O)c3ccccc3C(=O)OCCOC(=O)C(=C)C)c(-c3nc4ccccc4s3)c2-c2ccc(C)cc2C)C(c2ccc(C)cc2C)=C1c1nc2ccccc2s1. The molecule has 85 heavy (non-hydrogen) atoms. The summed E-state index contributed by atoms with van der Waals surface area (Å²) in [7, 11) is 0. The molecule has 9 aromatic rings. The maximum Gasteiger partial charge on any atom is 0.339 e. The number of fused-ring (bicyclic) bond motifs is 2. The average Bonchev–Trinajstić information content (AvgIpc) is 3.18. The van der Waals surface area contributed by atoms with Crippen LogP contribution in [0.1, 0.15) is 88.1 Å². The lowest BCUT2D eigenvalue weighted by molar-refractivity contribution is -0.140. The molecule has 4 heterocycles. The maximum atomic E-state index is 14.9. The molecular formula is C66H55N7O10S2. The van der Waals surface area contributed by atoms with Gasteiger partial charge in [-0.3, -0.25) is 9.59 Å². The second-order valence-corrected chi connectivity index (χ2v) is 22.0. The number of aryl methyl sites for hydroxylation is 4. The monoisotopic (exact) mass is 1170 g/mol. The standard InChI is InChI=1S/C66H55N7O10S2/c1-35(2)63(76)80-29-31-82-65(78)45-19-11-9-17-43(45)59(74)72-57-53(61-67-47-21-13-15-23-49(47)84-61)51(41-27-25-37(5)33-39(41)7)55(70-57)69-56-52(42-28-26-38(6)34-40(42)8)54(62-68-48-22-14-16-24-50(48)85-62)58(71-56)73-60(75)44-18-10-12-20-46(44)66(79)83-32-30-81-64(77)36(3)4/h9-28,33-34,70H,1,3,29-32H2,2,4-8H3,(H,72,74)(H,69,71,73,75). The second kappa shape index (κ2) is 25.1. The Labute approximate surface area is 496 Å². The number of nitrogens with one attached hydrogen (secondary N) is 3. The summed E-state index contributed by atoms with van der Waals surface area (Å²) in [5.41, 5.74) is 8.82. The second-order valence-electron chi connectivity index (χ2n) is 20.0. The van der Waals surface area contributed by atoms with E-state index in [1.165, 1.54) is 60.8 Å². The minimum Gasteiger partial charge on any atom is -0.459 e. The van der Waals surface area contributed by atoms with E-state index in [9.17, 15) is 28.8 Å². The number of thiazole rings is 2. The largest absolute Gasteiger partial charge is 0.459 e. The van der Waals surface area contributed by atoms with Gasteiger partial charge in [0.25, 0.3) is 11.8 Å². The Bertz CT molecular complexity index is 4290. The van der Waals surface area contributed by atoms with Gasteiger partial charge < -0.3 is 34.6 Å². The first kappa shape index (κ1) is 58.0. The van der Waals surface area contributed by atoms with Gasteiger partial charge in [0.15, 0.2) is 5.84 Å². The molecule has 6 aromatic carbocycles. The van der Waals surface area contributed by atoms with Crippen molar-refractivity contribution in [2.75, 3.05) is 31.7 Å². The maximum absolute atomic E-state index is 14.9. The highest BCUT2D eigenvalue weighted by atomic mass is 32.1. The smallest absolute Gasteiger partial charge is 0.339 e. The molecule has 17 nitrogen and oxygen atoms in total. The molecule has 0 unspecified atom stereocenters. The Balaban J connectivity index is 1.16. The Morgan fingerprint density at radius 2 is 0.988 bits per heavy atom. The quantitative estimate of drug-likeness (QED) is 0.0315. The first-order chi connectivity index (χ1) is 40.9. The summed E-state index contributed by atoms with van der Waals surface area (Å²) in [6.45, 7) is 17.1. The van der Waals surface area contributed by atoms with Crippen molar-refractivity contribution in [3.05, 3.63) is 213 Å². The molecule has 19 heteroatoms. The van der Waals surface area contributed by atoms with Gasteiger partial charge in [0, 0.05) is 22.3 Å². The number of aromatic amines is 1. The number of para-hydroxylation sites is 2. The highest BCUT2D eigenvalue weighted by Crippen LogP contribution is 2.49. The van der Waals surface area contributed by atoms with Crippen LogP contribution in [0.25, 0.3) is 53.3 Å². The molecular weight excluding hydrogens is 1110 g/mol. The number of aliphatic imine (C=N–C) groups is 2. The number of rotatable bonds is 18. The number of H-pyrrole nitrogens is 1. The van der Waals surface area contributed by atoms with Crippen LogP contribution >= 0.6 is 22.7 Å². The number of nitrogens with zero attached hydrogens (tertiary/aromatic N) is 4. The number of esters is 4. The molecule has 0 atom stereocenters. The molecule has 3 aromatic heterocycles. The van der Waals surface area contributed by atoms with Gasteiger partial charge in [0.1, 0.15) is 53.9 Å². The molecule has 1 aliphatic heterocycles. The van der Waals surface area contributed by atoms with E-state index in [0.29, 0.717) is 43.3 Å². The van der Waals surface area contributed by atoms with Gasteiger partial charge in [-0.1, -0.05) is 109 Å². The molecule has 0 radical (unpaired) electrons. The van der Waals surface area contributed by atoms with Crippen LogP contribution in [0, 0.1) is 27.7 Å². The molecule has 0 spiro atoms. The van der Waals surface area contributed by atoms with Gasteiger partial charge in [0.2, 0.25) is 0 Å². The topological polar surface area (TPSA) is 230 Å². The fourth-order valence-electron chi connectivity index (χ4n) is 9.49. The first-order valence-electron chi connectivity index (χ1n) is 26.8. The fourth-order valence-corrected chi connectivity index (χ4v) is 11.5. The zero-order valence-corrected chi connectivity index (χ0v) is 48.8. The zero-order valence-electron chi connectivity index (χ0n) is 47.1. The van der Waals surface area contributed by atoms with E-state index in [1.807, 2.05) is 113 Å². The van der Waals surface area contributed by atoms with Crippen LogP contribution < -0.4 is 10.6 Å². The van der Waals surface area contributed by atoms with Crippen LogP contribution in [0.5, 0.6) is 0 Å². The summed E-state index contributed by atoms with van der Waals surface area (Å²) in [5.74, 6) is -3.64. The summed E-state index contributed by atoms with van der Waals surface area (Å²) >= 11 is 2.80. The molecule has 10 rings (SSSR count). The van der Waals surface area contributed by atoms with Crippen molar-refractivity contribution in [1.29, 1.82) is 0 Å². The van der Waals surface area contributed by atoms with Gasteiger partial charge in [-0.2, -0.15) is 0 Å². The Hall–Kier alpha value is -10.2. The van der Waals surface area contributed by atoms with Gasteiger partial charge in [-0.15, -0.1) is 22.7 Å². The number of anilines is 1. The number of hydrogen-bond acceptors (Lipinski definition) is 15. The van der Waals surface area contributed by atoms with Crippen LogP contribution in [0.3, 0.4) is 0 Å². The Morgan fingerprint density at radius 3 is 1.51 bits per heavy atom. The molecule has 0 saturated heterocycles. The molecule has 0 saturated carbocycles. The summed E-state index contributed by atoms with van der Waals surface area (Å²) in [5, 5.41) is 7.16. The molecule has 2 amide bonds. The summed E-state index contributed by atoms with van der Waals surface area (Å²) in [6.07, 6.45) is 0. The van der Waals surface area contributed by atoms with Gasteiger partial charge in [0.05, 0.1) is 53.8 Å². The predicted octanol–water partition coefficient (Wildman–Crippen LogP) is 13.1. The highest BCUT2D eigenvalue weighted by Gasteiger charge is 2.35. The number of aromatic nitrogens is 3. The van der Waals surface area contributed by atoms with E-state index in [1.54, 1.807) is 24.3 Å². The molecule has 0 fully saturated rings. The van der Waals surface area contributed by atoms with Gasteiger partial charge in [-0.25, -0.2) is 39.1 Å². The van der Waals surface area contributed by atoms with Gasteiger partial charge >= 0.3 is 23.9 Å².